The summed E-state index contributed by atoms with van der Waals surface area (Å²) in [5.41, 5.74) is 1.73. The lowest BCUT2D eigenvalue weighted by Crippen LogP contribution is -2.15. The number of rotatable bonds is 5. The highest BCUT2D eigenvalue weighted by Gasteiger charge is 2.09. The molecule has 0 aliphatic rings. The number of carbonyl (C=O) groups is 1. The van der Waals surface area contributed by atoms with Crippen LogP contribution in [0.5, 0.6) is 0 Å². The summed E-state index contributed by atoms with van der Waals surface area (Å²) < 4.78 is 2.72. The first-order valence-corrected chi connectivity index (χ1v) is 8.05. The van der Waals surface area contributed by atoms with E-state index in [1.165, 1.54) is 11.3 Å². The molecule has 106 valence electrons. The molecule has 1 aromatic carbocycles. The molecule has 0 fully saturated rings. The molecule has 0 saturated heterocycles. The largest absolute Gasteiger partial charge is 0.307 e. The Kier molecular flexibility index (Phi) is 4.94. The van der Waals surface area contributed by atoms with Gasteiger partial charge in [0.15, 0.2) is 5.78 Å². The lowest BCUT2D eigenvalue weighted by molar-refractivity contribution is 0.0978. The van der Waals surface area contributed by atoms with E-state index in [-0.39, 0.29) is 10.7 Å². The SMILES string of the molecule is Cc1sc(=O)n(CCCC(=O)c2ccc(Br)cc2)c1C. The smallest absolute Gasteiger partial charge is 0.303 e. The number of benzene rings is 1. The van der Waals surface area contributed by atoms with Gasteiger partial charge in [-0.2, -0.15) is 0 Å². The number of nitrogens with zero attached hydrogens (tertiary/aromatic N) is 1. The minimum Gasteiger partial charge on any atom is -0.303 e. The Morgan fingerprint density at radius 3 is 2.45 bits per heavy atom. The third-order valence-electron chi connectivity index (χ3n) is 3.33. The number of hydrogen-bond acceptors (Lipinski definition) is 3. The molecule has 0 bridgehead atoms. The van der Waals surface area contributed by atoms with E-state index in [4.69, 9.17) is 0 Å². The van der Waals surface area contributed by atoms with Crippen molar-refractivity contribution in [2.24, 2.45) is 0 Å². The summed E-state index contributed by atoms with van der Waals surface area (Å²) in [5, 5.41) is 0. The van der Waals surface area contributed by atoms with E-state index in [1.807, 2.05) is 38.1 Å². The normalized spacial score (nSPS) is 10.8. The van der Waals surface area contributed by atoms with Crippen molar-refractivity contribution in [1.82, 2.24) is 4.57 Å². The predicted molar refractivity (Wildman–Crippen MR) is 85.8 cm³/mol. The molecule has 2 aromatic rings. The second kappa shape index (κ2) is 6.50. The Bertz CT molecular complexity index is 670. The maximum atomic E-state index is 12.0. The van der Waals surface area contributed by atoms with E-state index in [2.05, 4.69) is 15.9 Å². The summed E-state index contributed by atoms with van der Waals surface area (Å²) in [4.78, 5) is 24.9. The quantitative estimate of drug-likeness (QED) is 0.763. The van der Waals surface area contributed by atoms with Crippen molar-refractivity contribution >= 4 is 33.0 Å². The Labute approximate surface area is 130 Å². The van der Waals surface area contributed by atoms with Crippen molar-refractivity contribution in [2.45, 2.75) is 33.2 Å². The van der Waals surface area contributed by atoms with Crippen LogP contribution in [-0.4, -0.2) is 10.4 Å². The van der Waals surface area contributed by atoms with E-state index >= 15 is 0 Å². The molecular weight excluding hydrogens is 338 g/mol. The van der Waals surface area contributed by atoms with Crippen molar-refractivity contribution in [2.75, 3.05) is 0 Å². The molecule has 0 aliphatic heterocycles. The van der Waals surface area contributed by atoms with Crippen LogP contribution in [0.25, 0.3) is 0 Å². The van der Waals surface area contributed by atoms with Gasteiger partial charge in [-0.05, 0) is 32.4 Å². The first-order valence-electron chi connectivity index (χ1n) is 6.44. The highest BCUT2D eigenvalue weighted by atomic mass is 79.9. The first-order chi connectivity index (χ1) is 9.49. The standard InChI is InChI=1S/C15H16BrNO2S/c1-10-11(2)20-15(19)17(10)9-3-4-14(18)12-5-7-13(16)8-6-12/h5-8H,3-4,9H2,1-2H3. The van der Waals surface area contributed by atoms with Crippen molar-refractivity contribution < 1.29 is 4.79 Å². The molecule has 1 aromatic heterocycles. The number of thiazole rings is 1. The van der Waals surface area contributed by atoms with Crippen LogP contribution in [0, 0.1) is 13.8 Å². The Morgan fingerprint density at radius 1 is 1.25 bits per heavy atom. The van der Waals surface area contributed by atoms with Gasteiger partial charge in [0, 0.05) is 33.6 Å². The third-order valence-corrected chi connectivity index (χ3v) is 4.85. The first kappa shape index (κ1) is 15.2. The Morgan fingerprint density at radius 2 is 1.90 bits per heavy atom. The van der Waals surface area contributed by atoms with Gasteiger partial charge in [0.2, 0.25) is 0 Å². The van der Waals surface area contributed by atoms with Crippen molar-refractivity contribution in [3.63, 3.8) is 0 Å². The minimum atomic E-state index is 0.0658. The molecule has 0 amide bonds. The second-order valence-electron chi connectivity index (χ2n) is 4.69. The highest BCUT2D eigenvalue weighted by molar-refractivity contribution is 9.10. The van der Waals surface area contributed by atoms with Crippen LogP contribution in [0.1, 0.15) is 33.8 Å². The molecule has 1 heterocycles. The molecule has 0 atom stereocenters. The van der Waals surface area contributed by atoms with Crippen LogP contribution in [0.15, 0.2) is 33.5 Å². The van der Waals surface area contributed by atoms with Gasteiger partial charge in [0.25, 0.3) is 0 Å². The number of halogens is 1. The molecule has 0 saturated carbocycles. The molecule has 3 nitrogen and oxygen atoms in total. The number of carbonyl (C=O) groups excluding carboxylic acids is 1. The molecule has 5 heteroatoms. The van der Waals surface area contributed by atoms with Gasteiger partial charge in [-0.25, -0.2) is 0 Å². The van der Waals surface area contributed by atoms with Crippen molar-refractivity contribution in [3.05, 3.63) is 54.5 Å². The van der Waals surface area contributed by atoms with Gasteiger partial charge in [0.1, 0.15) is 0 Å². The van der Waals surface area contributed by atoms with Gasteiger partial charge in [-0.1, -0.05) is 39.4 Å². The van der Waals surface area contributed by atoms with Gasteiger partial charge in [0.05, 0.1) is 0 Å². The molecule has 0 radical (unpaired) electrons. The lowest BCUT2D eigenvalue weighted by atomic mass is 10.1. The van der Waals surface area contributed by atoms with E-state index < -0.39 is 0 Å². The van der Waals surface area contributed by atoms with Crippen LogP contribution >= 0.6 is 27.3 Å². The average molecular weight is 354 g/mol. The second-order valence-corrected chi connectivity index (χ2v) is 6.78. The van der Waals surface area contributed by atoms with E-state index in [0.29, 0.717) is 19.4 Å². The average Bonchev–Trinajstić information content (AvgIpc) is 2.65. The molecule has 0 N–H and O–H groups in total. The summed E-state index contributed by atoms with van der Waals surface area (Å²) in [6, 6.07) is 7.37. The fraction of sp³-hybridized carbons (Fsp3) is 0.333. The molecule has 20 heavy (non-hydrogen) atoms. The Hall–Kier alpha value is -1.20. The van der Waals surface area contributed by atoms with Crippen LogP contribution in [0.4, 0.5) is 0 Å². The fourth-order valence-corrected chi connectivity index (χ4v) is 3.15. The maximum absolute atomic E-state index is 12.0. The van der Waals surface area contributed by atoms with Crippen molar-refractivity contribution in [3.8, 4) is 0 Å². The number of ketones is 1. The lowest BCUT2D eigenvalue weighted by Gasteiger charge is -2.05. The monoisotopic (exact) mass is 353 g/mol. The number of aryl methyl sites for hydroxylation is 1. The summed E-state index contributed by atoms with van der Waals surface area (Å²) >= 11 is 4.62. The van der Waals surface area contributed by atoms with Crippen LogP contribution < -0.4 is 4.87 Å². The molecule has 0 spiro atoms. The zero-order valence-corrected chi connectivity index (χ0v) is 13.9. The van der Waals surface area contributed by atoms with Crippen molar-refractivity contribution in [1.29, 1.82) is 0 Å². The van der Waals surface area contributed by atoms with E-state index in [1.54, 1.807) is 4.57 Å². The van der Waals surface area contributed by atoms with Gasteiger partial charge >= 0.3 is 4.87 Å². The molecule has 0 aliphatic carbocycles. The summed E-state index contributed by atoms with van der Waals surface area (Å²) in [6.07, 6.45) is 1.15. The summed E-state index contributed by atoms with van der Waals surface area (Å²) in [6.45, 7) is 4.51. The number of aromatic nitrogens is 1. The van der Waals surface area contributed by atoms with Gasteiger partial charge in [-0.15, -0.1) is 0 Å². The Balaban J connectivity index is 1.94. The maximum Gasteiger partial charge on any atom is 0.307 e. The topological polar surface area (TPSA) is 39.1 Å². The van der Waals surface area contributed by atoms with E-state index in [0.717, 1.165) is 20.6 Å². The highest BCUT2D eigenvalue weighted by Crippen LogP contribution is 2.14. The summed E-state index contributed by atoms with van der Waals surface area (Å²) in [5.74, 6) is 0.121. The third kappa shape index (κ3) is 3.46. The zero-order valence-electron chi connectivity index (χ0n) is 11.5. The number of Topliss-reactive ketones (excluding diaryl/α,β-unsaturated/α-hetero) is 1. The minimum absolute atomic E-state index is 0.0658. The predicted octanol–water partition coefficient (Wildman–Crippen LogP) is 3.95. The van der Waals surface area contributed by atoms with Gasteiger partial charge in [-0.3, -0.25) is 9.59 Å². The molecule has 0 unspecified atom stereocenters. The fourth-order valence-electron chi connectivity index (χ4n) is 2.02. The molecular formula is C15H16BrNO2S. The van der Waals surface area contributed by atoms with Crippen LogP contribution in [0.3, 0.4) is 0 Å². The summed E-state index contributed by atoms with van der Waals surface area (Å²) in [7, 11) is 0. The van der Waals surface area contributed by atoms with Crippen LogP contribution in [-0.2, 0) is 6.54 Å². The number of hydrogen-bond donors (Lipinski definition) is 0. The zero-order chi connectivity index (χ0) is 14.7. The van der Waals surface area contributed by atoms with E-state index in [9.17, 15) is 9.59 Å². The van der Waals surface area contributed by atoms with Gasteiger partial charge < -0.3 is 4.57 Å². The molecule has 2 rings (SSSR count). The van der Waals surface area contributed by atoms with Crippen LogP contribution in [0.2, 0.25) is 0 Å².